The van der Waals surface area contributed by atoms with Crippen LogP contribution in [0.4, 0.5) is 0 Å². The lowest BCUT2D eigenvalue weighted by Crippen LogP contribution is -2.17. The van der Waals surface area contributed by atoms with Gasteiger partial charge in [0.1, 0.15) is 10.8 Å². The Kier molecular flexibility index (Phi) is 4.83. The van der Waals surface area contributed by atoms with E-state index in [1.807, 2.05) is 31.2 Å². The van der Waals surface area contributed by atoms with Gasteiger partial charge in [-0.25, -0.2) is 0 Å². The number of nitrogens with one attached hydrogen (secondary N) is 1. The number of ether oxygens (including phenoxy) is 1. The minimum Gasteiger partial charge on any atom is -0.493 e. The Bertz CT molecular complexity index is 580. The highest BCUT2D eigenvalue weighted by Gasteiger charge is 2.19. The fraction of sp³-hybridized carbons (Fsp3) is 0.500. The summed E-state index contributed by atoms with van der Waals surface area (Å²) in [5.41, 5.74) is 1.04. The van der Waals surface area contributed by atoms with Crippen molar-refractivity contribution in [3.05, 3.63) is 29.3 Å². The molecule has 1 aliphatic rings. The molecule has 0 atom stereocenters. The molecular formula is C16H21N3OS. The number of aryl methyl sites for hydroxylation is 1. The molecule has 0 radical (unpaired) electrons. The summed E-state index contributed by atoms with van der Waals surface area (Å²) in [5.74, 6) is 0.887. The van der Waals surface area contributed by atoms with Crippen LogP contribution in [0.25, 0.3) is 10.6 Å². The SMILES string of the molecule is CCOc1ccccc1-c1nnc(CCCNC2CC2)s1. The van der Waals surface area contributed by atoms with Crippen molar-refractivity contribution in [1.29, 1.82) is 0 Å². The van der Waals surface area contributed by atoms with Crippen molar-refractivity contribution in [2.75, 3.05) is 13.2 Å². The first-order chi connectivity index (χ1) is 10.4. The highest BCUT2D eigenvalue weighted by atomic mass is 32.1. The van der Waals surface area contributed by atoms with Gasteiger partial charge in [0.05, 0.1) is 12.2 Å². The van der Waals surface area contributed by atoms with Crippen molar-refractivity contribution in [3.63, 3.8) is 0 Å². The standard InChI is InChI=1S/C16H21N3OS/c1-2-20-14-7-4-3-6-13(14)16-19-18-15(21-16)8-5-11-17-12-9-10-12/h3-4,6-7,12,17H,2,5,8-11H2,1H3. The van der Waals surface area contributed by atoms with E-state index in [1.54, 1.807) is 11.3 Å². The van der Waals surface area contributed by atoms with E-state index in [0.717, 1.165) is 46.8 Å². The topological polar surface area (TPSA) is 47.0 Å². The van der Waals surface area contributed by atoms with E-state index in [1.165, 1.54) is 12.8 Å². The third-order valence-electron chi connectivity index (χ3n) is 3.46. The first-order valence-electron chi connectivity index (χ1n) is 7.64. The quantitative estimate of drug-likeness (QED) is 0.760. The van der Waals surface area contributed by atoms with Crippen LogP contribution in [0.15, 0.2) is 24.3 Å². The van der Waals surface area contributed by atoms with Crippen molar-refractivity contribution < 1.29 is 4.74 Å². The summed E-state index contributed by atoms with van der Waals surface area (Å²) in [7, 11) is 0. The average molecular weight is 303 g/mol. The monoisotopic (exact) mass is 303 g/mol. The Hall–Kier alpha value is -1.46. The maximum absolute atomic E-state index is 5.66. The third kappa shape index (κ3) is 4.02. The second-order valence-corrected chi connectivity index (χ2v) is 6.32. The summed E-state index contributed by atoms with van der Waals surface area (Å²) >= 11 is 1.67. The van der Waals surface area contributed by atoms with Gasteiger partial charge in [-0.2, -0.15) is 0 Å². The van der Waals surface area contributed by atoms with E-state index in [0.29, 0.717) is 6.61 Å². The second kappa shape index (κ2) is 7.00. The molecule has 1 aromatic heterocycles. The van der Waals surface area contributed by atoms with Gasteiger partial charge in [0.15, 0.2) is 5.01 Å². The van der Waals surface area contributed by atoms with E-state index in [-0.39, 0.29) is 0 Å². The largest absolute Gasteiger partial charge is 0.493 e. The summed E-state index contributed by atoms with van der Waals surface area (Å²) in [6.45, 7) is 3.74. The number of para-hydroxylation sites is 1. The number of aromatic nitrogens is 2. The van der Waals surface area contributed by atoms with Gasteiger partial charge in [-0.3, -0.25) is 0 Å². The Balaban J connectivity index is 1.60. The van der Waals surface area contributed by atoms with Crippen LogP contribution in [0.3, 0.4) is 0 Å². The van der Waals surface area contributed by atoms with Gasteiger partial charge in [0.25, 0.3) is 0 Å². The zero-order chi connectivity index (χ0) is 14.5. The maximum Gasteiger partial charge on any atom is 0.151 e. The number of hydrogen-bond donors (Lipinski definition) is 1. The van der Waals surface area contributed by atoms with Crippen molar-refractivity contribution in [2.24, 2.45) is 0 Å². The Morgan fingerprint density at radius 2 is 2.14 bits per heavy atom. The molecule has 5 heteroatoms. The van der Waals surface area contributed by atoms with Crippen molar-refractivity contribution in [1.82, 2.24) is 15.5 Å². The zero-order valence-electron chi connectivity index (χ0n) is 12.3. The summed E-state index contributed by atoms with van der Waals surface area (Å²) in [4.78, 5) is 0. The van der Waals surface area contributed by atoms with E-state index in [9.17, 15) is 0 Å². The molecule has 0 unspecified atom stereocenters. The van der Waals surface area contributed by atoms with Crippen molar-refractivity contribution in [2.45, 2.75) is 38.6 Å². The molecule has 1 aromatic carbocycles. The average Bonchev–Trinajstić information content (AvgIpc) is 3.21. The van der Waals surface area contributed by atoms with Crippen molar-refractivity contribution >= 4 is 11.3 Å². The lowest BCUT2D eigenvalue weighted by Gasteiger charge is -2.06. The number of hydrogen-bond acceptors (Lipinski definition) is 5. The summed E-state index contributed by atoms with van der Waals surface area (Å²) < 4.78 is 5.66. The van der Waals surface area contributed by atoms with Gasteiger partial charge in [-0.1, -0.05) is 23.5 Å². The molecule has 0 bridgehead atoms. The first kappa shape index (κ1) is 14.5. The highest BCUT2D eigenvalue weighted by Crippen LogP contribution is 2.32. The van der Waals surface area contributed by atoms with E-state index in [4.69, 9.17) is 4.74 Å². The van der Waals surface area contributed by atoms with E-state index in [2.05, 4.69) is 15.5 Å². The molecule has 112 valence electrons. The molecule has 1 saturated carbocycles. The van der Waals surface area contributed by atoms with Crippen LogP contribution in [0.5, 0.6) is 5.75 Å². The normalized spacial score (nSPS) is 14.3. The minimum atomic E-state index is 0.662. The smallest absolute Gasteiger partial charge is 0.151 e. The predicted octanol–water partition coefficient (Wildman–Crippen LogP) is 3.29. The number of rotatable bonds is 8. The lowest BCUT2D eigenvalue weighted by atomic mass is 10.2. The molecular weight excluding hydrogens is 282 g/mol. The summed E-state index contributed by atoms with van der Waals surface area (Å²) in [6, 6.07) is 8.81. The number of benzene rings is 1. The van der Waals surface area contributed by atoms with Gasteiger partial charge < -0.3 is 10.1 Å². The van der Waals surface area contributed by atoms with Gasteiger partial charge in [0, 0.05) is 12.5 Å². The van der Waals surface area contributed by atoms with Gasteiger partial charge in [-0.15, -0.1) is 10.2 Å². The molecule has 1 heterocycles. The van der Waals surface area contributed by atoms with Crippen LogP contribution in [0, 0.1) is 0 Å². The summed E-state index contributed by atoms with van der Waals surface area (Å²) in [6.07, 6.45) is 4.81. The van der Waals surface area contributed by atoms with Crippen LogP contribution >= 0.6 is 11.3 Å². The van der Waals surface area contributed by atoms with Crippen LogP contribution in [0.1, 0.15) is 31.2 Å². The minimum absolute atomic E-state index is 0.662. The molecule has 0 aliphatic heterocycles. The van der Waals surface area contributed by atoms with E-state index < -0.39 is 0 Å². The molecule has 0 amide bonds. The van der Waals surface area contributed by atoms with Crippen LogP contribution in [0.2, 0.25) is 0 Å². The summed E-state index contributed by atoms with van der Waals surface area (Å²) in [5, 5.41) is 14.2. The van der Waals surface area contributed by atoms with Crippen LogP contribution < -0.4 is 10.1 Å². The molecule has 1 N–H and O–H groups in total. The van der Waals surface area contributed by atoms with Gasteiger partial charge in [-0.05, 0) is 44.9 Å². The molecule has 4 nitrogen and oxygen atoms in total. The highest BCUT2D eigenvalue weighted by molar-refractivity contribution is 7.14. The molecule has 1 aliphatic carbocycles. The van der Waals surface area contributed by atoms with E-state index >= 15 is 0 Å². The third-order valence-corrected chi connectivity index (χ3v) is 4.48. The Labute approximate surface area is 129 Å². The van der Waals surface area contributed by atoms with Crippen LogP contribution in [-0.4, -0.2) is 29.4 Å². The lowest BCUT2D eigenvalue weighted by molar-refractivity contribution is 0.341. The van der Waals surface area contributed by atoms with Gasteiger partial charge >= 0.3 is 0 Å². The second-order valence-electron chi connectivity index (χ2n) is 5.26. The molecule has 21 heavy (non-hydrogen) atoms. The maximum atomic E-state index is 5.66. The molecule has 2 aromatic rings. The number of nitrogens with zero attached hydrogens (tertiary/aromatic N) is 2. The molecule has 0 saturated heterocycles. The predicted molar refractivity (Wildman–Crippen MR) is 85.9 cm³/mol. The Morgan fingerprint density at radius 3 is 2.95 bits per heavy atom. The van der Waals surface area contributed by atoms with Crippen LogP contribution in [-0.2, 0) is 6.42 Å². The zero-order valence-corrected chi connectivity index (χ0v) is 13.2. The van der Waals surface area contributed by atoms with Gasteiger partial charge in [0.2, 0.25) is 0 Å². The fourth-order valence-electron chi connectivity index (χ4n) is 2.22. The Morgan fingerprint density at radius 1 is 1.29 bits per heavy atom. The van der Waals surface area contributed by atoms with Crippen molar-refractivity contribution in [3.8, 4) is 16.3 Å². The molecule has 0 spiro atoms. The fourth-order valence-corrected chi connectivity index (χ4v) is 3.13. The molecule has 1 fully saturated rings. The first-order valence-corrected chi connectivity index (χ1v) is 8.46. The molecule has 3 rings (SSSR count).